The molecule has 0 aliphatic carbocycles. The van der Waals surface area contributed by atoms with Crippen LogP contribution in [-0.2, 0) is 11.3 Å². The second kappa shape index (κ2) is 6.42. The molecule has 5 heteroatoms. The lowest BCUT2D eigenvalue weighted by Gasteiger charge is -2.07. The summed E-state index contributed by atoms with van der Waals surface area (Å²) in [5.41, 5.74) is 0.902. The van der Waals surface area contributed by atoms with Crippen LogP contribution in [-0.4, -0.2) is 24.0 Å². The maximum Gasteiger partial charge on any atom is 0.409 e. The Balaban J connectivity index is 2.25. The van der Waals surface area contributed by atoms with Gasteiger partial charge in [0.05, 0.1) is 19.3 Å². The summed E-state index contributed by atoms with van der Waals surface area (Å²) in [6, 6.07) is 9.18. The molecule has 1 aromatic carbocycles. The Morgan fingerprint density at radius 3 is 2.47 bits per heavy atom. The van der Waals surface area contributed by atoms with E-state index < -0.39 is 12.3 Å². The molecule has 0 aliphatic rings. The zero-order valence-electron chi connectivity index (χ0n) is 9.02. The third kappa shape index (κ3) is 6.76. The van der Waals surface area contributed by atoms with Crippen LogP contribution in [0.2, 0.25) is 0 Å². The van der Waals surface area contributed by atoms with Crippen molar-refractivity contribution in [3.63, 3.8) is 0 Å². The molecule has 0 radical (unpaired) electrons. The Morgan fingerprint density at radius 1 is 1.24 bits per heavy atom. The van der Waals surface area contributed by atoms with E-state index in [0.29, 0.717) is 6.08 Å². The maximum atomic E-state index is 11.8. The Kier molecular flexibility index (Phi) is 5.18. The number of hydrogen-bond acceptors (Lipinski definition) is 2. The van der Waals surface area contributed by atoms with Gasteiger partial charge in [0, 0.05) is 6.08 Å². The number of allylic oxidation sites excluding steroid dienone is 1. The molecule has 17 heavy (non-hydrogen) atoms. The first-order valence-electron chi connectivity index (χ1n) is 5.03. The number of hydrogen-bond donors (Lipinski definition) is 1. The first-order chi connectivity index (χ1) is 7.97. The van der Waals surface area contributed by atoms with Gasteiger partial charge in [0.15, 0.2) is 0 Å². The fourth-order valence-corrected chi connectivity index (χ4v) is 1.15. The zero-order valence-corrected chi connectivity index (χ0v) is 9.02. The van der Waals surface area contributed by atoms with Crippen LogP contribution >= 0.6 is 0 Å². The Bertz CT molecular complexity index is 347. The SMILES string of the molecule is O[C@H](/C=C/C(F)(F)F)COCc1ccccc1. The van der Waals surface area contributed by atoms with E-state index in [1.54, 1.807) is 0 Å². The molecule has 0 amide bonds. The van der Waals surface area contributed by atoms with Gasteiger partial charge in [-0.1, -0.05) is 30.3 Å². The average molecular weight is 246 g/mol. The van der Waals surface area contributed by atoms with Crippen LogP contribution in [0.3, 0.4) is 0 Å². The van der Waals surface area contributed by atoms with Gasteiger partial charge in [-0.3, -0.25) is 0 Å². The molecule has 0 unspecified atom stereocenters. The highest BCUT2D eigenvalue weighted by Gasteiger charge is 2.22. The van der Waals surface area contributed by atoms with Gasteiger partial charge in [-0.25, -0.2) is 0 Å². The van der Waals surface area contributed by atoms with E-state index in [0.717, 1.165) is 5.56 Å². The molecule has 0 aliphatic heterocycles. The molecule has 94 valence electrons. The van der Waals surface area contributed by atoms with E-state index in [4.69, 9.17) is 4.74 Å². The molecule has 1 N–H and O–H groups in total. The minimum absolute atomic E-state index is 0.00352. The number of ether oxygens (including phenoxy) is 1. The quantitative estimate of drug-likeness (QED) is 0.809. The van der Waals surface area contributed by atoms with Gasteiger partial charge in [-0.05, 0) is 11.6 Å². The Labute approximate surface area is 97.3 Å². The van der Waals surface area contributed by atoms with Gasteiger partial charge >= 0.3 is 6.18 Å². The summed E-state index contributed by atoms with van der Waals surface area (Å²) in [6.07, 6.45) is -4.98. The highest BCUT2D eigenvalue weighted by Crippen LogP contribution is 2.16. The van der Waals surface area contributed by atoms with E-state index in [2.05, 4.69) is 0 Å². The predicted molar refractivity (Wildman–Crippen MR) is 57.3 cm³/mol. The topological polar surface area (TPSA) is 29.5 Å². The van der Waals surface area contributed by atoms with Crippen molar-refractivity contribution in [2.75, 3.05) is 6.61 Å². The summed E-state index contributed by atoms with van der Waals surface area (Å²) in [7, 11) is 0. The van der Waals surface area contributed by atoms with Crippen molar-refractivity contribution in [1.82, 2.24) is 0 Å². The van der Waals surface area contributed by atoms with Crippen molar-refractivity contribution < 1.29 is 23.0 Å². The normalized spacial score (nSPS) is 14.1. The number of halogens is 3. The first-order valence-corrected chi connectivity index (χ1v) is 5.03. The highest BCUT2D eigenvalue weighted by atomic mass is 19.4. The van der Waals surface area contributed by atoms with Crippen molar-refractivity contribution in [1.29, 1.82) is 0 Å². The van der Waals surface area contributed by atoms with Crippen LogP contribution in [0.1, 0.15) is 5.56 Å². The molecule has 1 aromatic rings. The predicted octanol–water partition coefficient (Wildman–Crippen LogP) is 2.68. The van der Waals surface area contributed by atoms with Crippen molar-refractivity contribution in [2.24, 2.45) is 0 Å². The summed E-state index contributed by atoms with van der Waals surface area (Å²) in [5.74, 6) is 0. The Morgan fingerprint density at radius 2 is 1.88 bits per heavy atom. The van der Waals surface area contributed by atoms with E-state index >= 15 is 0 Å². The fourth-order valence-electron chi connectivity index (χ4n) is 1.15. The Hall–Kier alpha value is -1.33. The summed E-state index contributed by atoms with van der Waals surface area (Å²) in [5, 5.41) is 9.18. The molecule has 0 saturated heterocycles. The standard InChI is InChI=1S/C12H13F3O2/c13-12(14,15)7-6-11(16)9-17-8-10-4-2-1-3-5-10/h1-7,11,16H,8-9H2/b7-6+/t11-/m1/s1. The highest BCUT2D eigenvalue weighted by molar-refractivity contribution is 5.13. The van der Waals surface area contributed by atoms with E-state index in [9.17, 15) is 18.3 Å². The smallest absolute Gasteiger partial charge is 0.387 e. The van der Waals surface area contributed by atoms with Crippen molar-refractivity contribution in [3.05, 3.63) is 48.0 Å². The lowest BCUT2D eigenvalue weighted by molar-refractivity contribution is -0.0809. The molecule has 0 saturated carbocycles. The zero-order chi connectivity index (χ0) is 12.7. The molecule has 0 spiro atoms. The molecule has 1 atom stereocenters. The van der Waals surface area contributed by atoms with Gasteiger partial charge in [0.2, 0.25) is 0 Å². The number of benzene rings is 1. The second-order valence-electron chi connectivity index (χ2n) is 3.47. The molecule has 0 heterocycles. The number of aliphatic hydroxyl groups is 1. The van der Waals surface area contributed by atoms with Crippen LogP contribution in [0.15, 0.2) is 42.5 Å². The third-order valence-electron chi connectivity index (χ3n) is 1.91. The van der Waals surface area contributed by atoms with E-state index in [1.165, 1.54) is 0 Å². The minimum Gasteiger partial charge on any atom is -0.387 e. The largest absolute Gasteiger partial charge is 0.409 e. The summed E-state index contributed by atoms with van der Waals surface area (Å²) < 4.78 is 40.4. The summed E-state index contributed by atoms with van der Waals surface area (Å²) in [4.78, 5) is 0. The van der Waals surface area contributed by atoms with Crippen LogP contribution < -0.4 is 0 Å². The molecule has 0 bridgehead atoms. The lowest BCUT2D eigenvalue weighted by Crippen LogP contribution is -2.14. The molecule has 2 nitrogen and oxygen atoms in total. The molecule has 0 aromatic heterocycles. The van der Waals surface area contributed by atoms with E-state index in [-0.39, 0.29) is 19.3 Å². The number of aliphatic hydroxyl groups excluding tert-OH is 1. The van der Waals surface area contributed by atoms with E-state index in [1.807, 2.05) is 30.3 Å². The van der Waals surface area contributed by atoms with Gasteiger partial charge in [0.1, 0.15) is 0 Å². The summed E-state index contributed by atoms with van der Waals surface area (Å²) >= 11 is 0. The van der Waals surface area contributed by atoms with Crippen LogP contribution in [0.4, 0.5) is 13.2 Å². The molecular weight excluding hydrogens is 233 g/mol. The van der Waals surface area contributed by atoms with Crippen molar-refractivity contribution in [3.8, 4) is 0 Å². The monoisotopic (exact) mass is 246 g/mol. The van der Waals surface area contributed by atoms with Gasteiger partial charge in [0.25, 0.3) is 0 Å². The van der Waals surface area contributed by atoms with Crippen molar-refractivity contribution in [2.45, 2.75) is 18.9 Å². The number of alkyl halides is 3. The molecule has 0 fully saturated rings. The van der Waals surface area contributed by atoms with Crippen LogP contribution in [0, 0.1) is 0 Å². The number of rotatable bonds is 5. The lowest BCUT2D eigenvalue weighted by atomic mass is 10.2. The second-order valence-corrected chi connectivity index (χ2v) is 3.47. The summed E-state index contributed by atoms with van der Waals surface area (Å²) in [6.45, 7) is 0.0965. The van der Waals surface area contributed by atoms with Gasteiger partial charge < -0.3 is 9.84 Å². The van der Waals surface area contributed by atoms with Gasteiger partial charge in [-0.2, -0.15) is 13.2 Å². The average Bonchev–Trinajstić information content (AvgIpc) is 2.27. The fraction of sp³-hybridized carbons (Fsp3) is 0.333. The molecular formula is C12H13F3O2. The van der Waals surface area contributed by atoms with Crippen LogP contribution in [0.25, 0.3) is 0 Å². The van der Waals surface area contributed by atoms with Crippen molar-refractivity contribution >= 4 is 0 Å². The van der Waals surface area contributed by atoms with Crippen LogP contribution in [0.5, 0.6) is 0 Å². The third-order valence-corrected chi connectivity index (χ3v) is 1.91. The maximum absolute atomic E-state index is 11.8. The molecule has 1 rings (SSSR count). The van der Waals surface area contributed by atoms with Gasteiger partial charge in [-0.15, -0.1) is 0 Å². The minimum atomic E-state index is -4.40. The first kappa shape index (κ1) is 13.7.